The Hall–Kier alpha value is -1.42. The Morgan fingerprint density at radius 2 is 1.94 bits per heavy atom. The summed E-state index contributed by atoms with van der Waals surface area (Å²) >= 11 is 5.43. The van der Waals surface area contributed by atoms with Crippen LogP contribution < -0.4 is 4.90 Å². The Morgan fingerprint density at radius 3 is 2.65 bits per heavy atom. The topological polar surface area (TPSA) is 23.6 Å². The molecule has 0 saturated carbocycles. The fourth-order valence-electron chi connectivity index (χ4n) is 2.60. The maximum Gasteiger partial charge on any atom is 0.256 e. The molecular weight excluding hydrogens is 232 g/mol. The van der Waals surface area contributed by atoms with E-state index < -0.39 is 0 Å². The third kappa shape index (κ3) is 1.63. The number of para-hydroxylation sites is 1. The summed E-state index contributed by atoms with van der Waals surface area (Å²) in [7, 11) is 0. The summed E-state index contributed by atoms with van der Waals surface area (Å²) < 4.78 is 0. The number of carbonyl (C=O) groups is 1. The zero-order chi connectivity index (χ0) is 11.8. The summed E-state index contributed by atoms with van der Waals surface area (Å²) in [6, 6.07) is 9.66. The van der Waals surface area contributed by atoms with Crippen LogP contribution in [-0.4, -0.2) is 28.5 Å². The largest absolute Gasteiger partial charge is 0.336 e. The summed E-state index contributed by atoms with van der Waals surface area (Å²) in [5, 5.41) is 0.672. The molecule has 0 radical (unpaired) electrons. The first-order chi connectivity index (χ1) is 8.29. The lowest BCUT2D eigenvalue weighted by Crippen LogP contribution is -2.38. The fraction of sp³-hybridized carbons (Fsp3) is 0.385. The van der Waals surface area contributed by atoms with Gasteiger partial charge in [-0.3, -0.25) is 9.69 Å². The van der Waals surface area contributed by atoms with Gasteiger partial charge in [-0.25, -0.2) is 0 Å². The summed E-state index contributed by atoms with van der Waals surface area (Å²) in [6.07, 6.45) is 3.19. The summed E-state index contributed by atoms with van der Waals surface area (Å²) in [5.74, 6) is 0.140. The van der Waals surface area contributed by atoms with Crippen LogP contribution in [0.15, 0.2) is 30.3 Å². The predicted molar refractivity (Wildman–Crippen MR) is 70.9 cm³/mol. The van der Waals surface area contributed by atoms with Crippen molar-refractivity contribution in [3.8, 4) is 0 Å². The predicted octanol–water partition coefficient (Wildman–Crippen LogP) is 2.17. The maximum atomic E-state index is 12.3. The first-order valence-corrected chi connectivity index (χ1v) is 6.39. The van der Waals surface area contributed by atoms with Gasteiger partial charge in [0.15, 0.2) is 5.11 Å². The average Bonchev–Trinajstić information content (AvgIpc) is 2.64. The smallest absolute Gasteiger partial charge is 0.256 e. The number of hydrogen-bond acceptors (Lipinski definition) is 2. The number of anilines is 1. The molecule has 2 saturated heterocycles. The molecule has 4 heteroatoms. The highest BCUT2D eigenvalue weighted by atomic mass is 32.1. The first-order valence-electron chi connectivity index (χ1n) is 5.98. The van der Waals surface area contributed by atoms with Crippen molar-refractivity contribution in [3.63, 3.8) is 0 Å². The standard InChI is InChI=1S/C13H14N2OS/c16-12-11-8-4-5-9-14(11)13(17)15(12)10-6-2-1-3-7-10/h1-3,6-7,11H,4-5,8-9H2. The molecule has 0 bridgehead atoms. The minimum atomic E-state index is -0.0172. The molecule has 1 aromatic carbocycles. The molecule has 88 valence electrons. The van der Waals surface area contributed by atoms with Crippen LogP contribution >= 0.6 is 12.2 Å². The van der Waals surface area contributed by atoms with Crippen LogP contribution in [0.3, 0.4) is 0 Å². The van der Waals surface area contributed by atoms with Gasteiger partial charge in [-0.05, 0) is 43.6 Å². The van der Waals surface area contributed by atoms with Crippen LogP contribution in [0.4, 0.5) is 5.69 Å². The van der Waals surface area contributed by atoms with E-state index in [9.17, 15) is 4.79 Å². The van der Waals surface area contributed by atoms with Gasteiger partial charge in [-0.1, -0.05) is 18.2 Å². The van der Waals surface area contributed by atoms with Gasteiger partial charge in [-0.2, -0.15) is 0 Å². The Morgan fingerprint density at radius 1 is 1.18 bits per heavy atom. The van der Waals surface area contributed by atoms with Crippen LogP contribution in [0.25, 0.3) is 0 Å². The third-order valence-electron chi connectivity index (χ3n) is 3.46. The zero-order valence-corrected chi connectivity index (χ0v) is 10.3. The van der Waals surface area contributed by atoms with E-state index in [0.717, 1.165) is 31.5 Å². The fourth-order valence-corrected chi connectivity index (χ4v) is 3.02. The number of carbonyl (C=O) groups excluding carboxylic acids is 1. The van der Waals surface area contributed by atoms with E-state index in [1.165, 1.54) is 0 Å². The van der Waals surface area contributed by atoms with Crippen molar-refractivity contribution < 1.29 is 4.79 Å². The van der Waals surface area contributed by atoms with Gasteiger partial charge >= 0.3 is 0 Å². The van der Waals surface area contributed by atoms with Crippen molar-refractivity contribution >= 4 is 28.9 Å². The van der Waals surface area contributed by atoms with E-state index in [4.69, 9.17) is 12.2 Å². The molecule has 17 heavy (non-hydrogen) atoms. The number of rotatable bonds is 1. The van der Waals surface area contributed by atoms with Crippen LogP contribution in [0, 0.1) is 0 Å². The normalized spacial score (nSPS) is 24.1. The van der Waals surface area contributed by atoms with E-state index in [2.05, 4.69) is 4.90 Å². The van der Waals surface area contributed by atoms with Gasteiger partial charge in [-0.15, -0.1) is 0 Å². The molecule has 0 spiro atoms. The van der Waals surface area contributed by atoms with Gasteiger partial charge in [0.1, 0.15) is 6.04 Å². The van der Waals surface area contributed by atoms with E-state index >= 15 is 0 Å². The molecule has 1 amide bonds. The lowest BCUT2D eigenvalue weighted by molar-refractivity contribution is -0.120. The molecule has 2 heterocycles. The van der Waals surface area contributed by atoms with E-state index in [1.54, 1.807) is 4.90 Å². The monoisotopic (exact) mass is 246 g/mol. The molecule has 1 atom stereocenters. The van der Waals surface area contributed by atoms with Crippen molar-refractivity contribution in [3.05, 3.63) is 30.3 Å². The molecule has 3 nitrogen and oxygen atoms in total. The van der Waals surface area contributed by atoms with Crippen LogP contribution in [0.1, 0.15) is 19.3 Å². The molecule has 2 fully saturated rings. The van der Waals surface area contributed by atoms with E-state index in [1.807, 2.05) is 30.3 Å². The van der Waals surface area contributed by atoms with E-state index in [0.29, 0.717) is 5.11 Å². The second-order valence-electron chi connectivity index (χ2n) is 4.50. The van der Waals surface area contributed by atoms with Crippen LogP contribution in [-0.2, 0) is 4.79 Å². The number of amides is 1. The minimum absolute atomic E-state index is 0.0172. The second kappa shape index (κ2) is 4.11. The van der Waals surface area contributed by atoms with Crippen LogP contribution in [0.5, 0.6) is 0 Å². The second-order valence-corrected chi connectivity index (χ2v) is 4.86. The number of benzene rings is 1. The number of nitrogens with zero attached hydrogens (tertiary/aromatic N) is 2. The molecular formula is C13H14N2OS. The van der Waals surface area contributed by atoms with Crippen molar-refractivity contribution in [1.29, 1.82) is 0 Å². The van der Waals surface area contributed by atoms with Crippen LogP contribution in [0.2, 0.25) is 0 Å². The van der Waals surface area contributed by atoms with Gasteiger partial charge in [0, 0.05) is 6.54 Å². The molecule has 2 aliphatic rings. The van der Waals surface area contributed by atoms with Crippen molar-refractivity contribution in [1.82, 2.24) is 4.90 Å². The Labute approximate surface area is 106 Å². The van der Waals surface area contributed by atoms with Crippen molar-refractivity contribution in [2.45, 2.75) is 25.3 Å². The molecule has 2 aliphatic heterocycles. The van der Waals surface area contributed by atoms with E-state index in [-0.39, 0.29) is 11.9 Å². The quantitative estimate of drug-likeness (QED) is 0.710. The number of fused-ring (bicyclic) bond motifs is 1. The van der Waals surface area contributed by atoms with Gasteiger partial charge in [0.25, 0.3) is 5.91 Å². The van der Waals surface area contributed by atoms with Gasteiger partial charge in [0.05, 0.1) is 5.69 Å². The highest BCUT2D eigenvalue weighted by molar-refractivity contribution is 7.80. The van der Waals surface area contributed by atoms with Gasteiger partial charge < -0.3 is 4.90 Å². The number of thiocarbonyl (C=S) groups is 1. The minimum Gasteiger partial charge on any atom is -0.336 e. The molecule has 0 N–H and O–H groups in total. The van der Waals surface area contributed by atoms with Crippen molar-refractivity contribution in [2.75, 3.05) is 11.4 Å². The number of hydrogen-bond donors (Lipinski definition) is 0. The summed E-state index contributed by atoms with van der Waals surface area (Å²) in [6.45, 7) is 0.915. The molecule has 3 rings (SSSR count). The lowest BCUT2D eigenvalue weighted by atomic mass is 10.0. The Kier molecular flexibility index (Phi) is 2.59. The highest BCUT2D eigenvalue weighted by Gasteiger charge is 2.43. The zero-order valence-electron chi connectivity index (χ0n) is 9.50. The number of piperidine rings is 1. The first kappa shape index (κ1) is 10.7. The Bertz CT molecular complexity index is 436. The molecule has 1 aromatic rings. The van der Waals surface area contributed by atoms with Gasteiger partial charge in [0.2, 0.25) is 0 Å². The molecule has 0 aromatic heterocycles. The Balaban J connectivity index is 1.96. The maximum absolute atomic E-state index is 12.3. The van der Waals surface area contributed by atoms with Crippen molar-refractivity contribution in [2.24, 2.45) is 0 Å². The average molecular weight is 246 g/mol. The summed E-state index contributed by atoms with van der Waals surface area (Å²) in [4.78, 5) is 16.1. The highest BCUT2D eigenvalue weighted by Crippen LogP contribution is 2.30. The SMILES string of the molecule is O=C1C2CCCCN2C(=S)N1c1ccccc1. The third-order valence-corrected chi connectivity index (χ3v) is 3.88. The molecule has 0 aliphatic carbocycles. The summed E-state index contributed by atoms with van der Waals surface area (Å²) in [5.41, 5.74) is 0.886. The lowest BCUT2D eigenvalue weighted by Gasteiger charge is -2.27. The molecule has 1 unspecified atom stereocenters.